The third-order valence-corrected chi connectivity index (χ3v) is 6.86. The first-order valence-electron chi connectivity index (χ1n) is 8.67. The Bertz CT molecular complexity index is 965. The number of halogens is 2. The first kappa shape index (κ1) is 19.8. The number of carbonyl (C=O) groups excluding carboxylic acids is 1. The van der Waals surface area contributed by atoms with Gasteiger partial charge in [-0.3, -0.25) is 4.79 Å². The van der Waals surface area contributed by atoms with E-state index in [-0.39, 0.29) is 16.5 Å². The minimum Gasteiger partial charge on any atom is -0.322 e. The average molecular weight is 411 g/mol. The van der Waals surface area contributed by atoms with E-state index in [1.165, 1.54) is 16.4 Å². The van der Waals surface area contributed by atoms with Crippen molar-refractivity contribution in [1.82, 2.24) is 4.31 Å². The molecule has 0 radical (unpaired) electrons. The molecule has 0 aliphatic carbocycles. The number of carbonyl (C=O) groups is 1. The summed E-state index contributed by atoms with van der Waals surface area (Å²) in [5, 5.41) is 2.96. The molecule has 0 aromatic heterocycles. The van der Waals surface area contributed by atoms with Gasteiger partial charge in [-0.25, -0.2) is 12.8 Å². The molecule has 1 amide bonds. The number of nitrogens with one attached hydrogen (secondary N) is 1. The van der Waals surface area contributed by atoms with E-state index in [9.17, 15) is 17.6 Å². The van der Waals surface area contributed by atoms with Crippen LogP contribution in [0.2, 0.25) is 5.02 Å². The second kappa shape index (κ2) is 7.96. The molecule has 1 fully saturated rings. The molecule has 1 aliphatic rings. The summed E-state index contributed by atoms with van der Waals surface area (Å²) in [5.41, 5.74) is 0.0607. The minimum atomic E-state index is -3.80. The summed E-state index contributed by atoms with van der Waals surface area (Å²) in [6.07, 6.45) is 2.54. The van der Waals surface area contributed by atoms with Crippen molar-refractivity contribution in [3.8, 4) is 0 Å². The smallest absolute Gasteiger partial charge is 0.258 e. The highest BCUT2D eigenvalue weighted by molar-refractivity contribution is 7.89. The standard InChI is InChI=1S/C19H20ClFN2O3S/c1-13-5-2-3-10-23(13)27(25,26)16-8-9-18(21)17(12-16)19(24)22-15-7-4-6-14(20)11-15/h4,6-9,11-13H,2-3,5,10H2,1H3,(H,22,24)/t13-/m1/s1. The number of piperidine rings is 1. The van der Waals surface area contributed by atoms with Gasteiger partial charge in [-0.15, -0.1) is 0 Å². The summed E-state index contributed by atoms with van der Waals surface area (Å²) < 4.78 is 41.5. The van der Waals surface area contributed by atoms with Gasteiger partial charge in [-0.05, 0) is 56.2 Å². The van der Waals surface area contributed by atoms with Crippen LogP contribution in [0.4, 0.5) is 10.1 Å². The number of benzene rings is 2. The van der Waals surface area contributed by atoms with E-state index < -0.39 is 21.7 Å². The quantitative estimate of drug-likeness (QED) is 0.817. The Labute approximate surface area is 163 Å². The van der Waals surface area contributed by atoms with Crippen molar-refractivity contribution in [2.24, 2.45) is 0 Å². The van der Waals surface area contributed by atoms with Crippen molar-refractivity contribution in [3.63, 3.8) is 0 Å². The molecule has 0 saturated carbocycles. The van der Waals surface area contributed by atoms with Crippen molar-refractivity contribution in [3.05, 3.63) is 58.9 Å². The molecule has 2 aromatic carbocycles. The molecule has 27 heavy (non-hydrogen) atoms. The maximum Gasteiger partial charge on any atom is 0.258 e. The highest BCUT2D eigenvalue weighted by Crippen LogP contribution is 2.26. The van der Waals surface area contributed by atoms with Gasteiger partial charge in [0.05, 0.1) is 10.5 Å². The second-order valence-corrected chi connectivity index (χ2v) is 8.89. The van der Waals surface area contributed by atoms with E-state index >= 15 is 0 Å². The van der Waals surface area contributed by atoms with Gasteiger partial charge in [0.2, 0.25) is 10.0 Å². The lowest BCUT2D eigenvalue weighted by Gasteiger charge is -2.32. The van der Waals surface area contributed by atoms with E-state index in [2.05, 4.69) is 5.32 Å². The van der Waals surface area contributed by atoms with Crippen LogP contribution in [0.3, 0.4) is 0 Å². The predicted octanol–water partition coefficient (Wildman–Crippen LogP) is 4.29. The van der Waals surface area contributed by atoms with Gasteiger partial charge < -0.3 is 5.32 Å². The fraction of sp³-hybridized carbons (Fsp3) is 0.316. The van der Waals surface area contributed by atoms with Gasteiger partial charge in [-0.1, -0.05) is 24.1 Å². The summed E-state index contributed by atoms with van der Waals surface area (Å²) in [7, 11) is -3.80. The molecule has 0 unspecified atom stereocenters. The van der Waals surface area contributed by atoms with Crippen LogP contribution in [0.15, 0.2) is 47.4 Å². The summed E-state index contributed by atoms with van der Waals surface area (Å²) in [5.74, 6) is -1.53. The first-order chi connectivity index (χ1) is 12.8. The molecular formula is C19H20ClFN2O3S. The van der Waals surface area contributed by atoms with Crippen molar-refractivity contribution in [2.75, 3.05) is 11.9 Å². The second-order valence-electron chi connectivity index (χ2n) is 6.57. The van der Waals surface area contributed by atoms with Crippen molar-refractivity contribution < 1.29 is 17.6 Å². The van der Waals surface area contributed by atoms with Crippen LogP contribution in [0.1, 0.15) is 36.5 Å². The van der Waals surface area contributed by atoms with Crippen LogP contribution in [0.5, 0.6) is 0 Å². The molecule has 5 nitrogen and oxygen atoms in total. The molecule has 1 atom stereocenters. The predicted molar refractivity (Wildman–Crippen MR) is 103 cm³/mol. The Hall–Kier alpha value is -1.96. The normalized spacial score (nSPS) is 18.3. The number of sulfonamides is 1. The van der Waals surface area contributed by atoms with Gasteiger partial charge >= 0.3 is 0 Å². The summed E-state index contributed by atoms with van der Waals surface area (Å²) in [6.45, 7) is 2.28. The third kappa shape index (κ3) is 4.31. The monoisotopic (exact) mass is 410 g/mol. The maximum absolute atomic E-state index is 14.2. The largest absolute Gasteiger partial charge is 0.322 e. The highest BCUT2D eigenvalue weighted by atomic mass is 35.5. The van der Waals surface area contributed by atoms with E-state index in [0.29, 0.717) is 17.3 Å². The number of rotatable bonds is 4. The van der Waals surface area contributed by atoms with E-state index in [4.69, 9.17) is 11.6 Å². The molecule has 2 aromatic rings. The number of amides is 1. The lowest BCUT2D eigenvalue weighted by Crippen LogP contribution is -2.42. The maximum atomic E-state index is 14.2. The van der Waals surface area contributed by atoms with Crippen molar-refractivity contribution >= 4 is 33.2 Å². The first-order valence-corrected chi connectivity index (χ1v) is 10.5. The van der Waals surface area contributed by atoms with Gasteiger partial charge in [0.25, 0.3) is 5.91 Å². The number of nitrogens with zero attached hydrogens (tertiary/aromatic N) is 1. The van der Waals surface area contributed by atoms with Crippen LogP contribution in [-0.2, 0) is 10.0 Å². The number of hydrogen-bond donors (Lipinski definition) is 1. The molecule has 1 heterocycles. The fourth-order valence-electron chi connectivity index (χ4n) is 3.17. The molecule has 0 spiro atoms. The Morgan fingerprint density at radius 3 is 2.70 bits per heavy atom. The van der Waals surface area contributed by atoms with Crippen LogP contribution in [0.25, 0.3) is 0 Å². The molecule has 3 rings (SSSR count). The topological polar surface area (TPSA) is 66.5 Å². The zero-order valence-corrected chi connectivity index (χ0v) is 16.4. The van der Waals surface area contributed by atoms with Gasteiger partial charge in [0, 0.05) is 23.3 Å². The average Bonchev–Trinajstić information content (AvgIpc) is 2.62. The summed E-state index contributed by atoms with van der Waals surface area (Å²) in [4.78, 5) is 12.4. The van der Waals surface area contributed by atoms with Crippen LogP contribution < -0.4 is 5.32 Å². The zero-order chi connectivity index (χ0) is 19.6. The summed E-state index contributed by atoms with van der Waals surface area (Å²) in [6, 6.07) is 9.59. The number of hydrogen-bond acceptors (Lipinski definition) is 3. The molecule has 1 saturated heterocycles. The van der Waals surface area contributed by atoms with Crippen molar-refractivity contribution in [2.45, 2.75) is 37.1 Å². The summed E-state index contributed by atoms with van der Waals surface area (Å²) >= 11 is 5.88. The molecular weight excluding hydrogens is 391 g/mol. The molecule has 8 heteroatoms. The Balaban J connectivity index is 1.90. The van der Waals surface area contributed by atoms with Gasteiger partial charge in [0.1, 0.15) is 5.82 Å². The van der Waals surface area contributed by atoms with Crippen LogP contribution >= 0.6 is 11.6 Å². The minimum absolute atomic E-state index is 0.0890. The zero-order valence-electron chi connectivity index (χ0n) is 14.8. The molecule has 144 valence electrons. The van der Waals surface area contributed by atoms with E-state index in [1.807, 2.05) is 6.92 Å². The van der Waals surface area contributed by atoms with E-state index in [0.717, 1.165) is 31.4 Å². The molecule has 0 bridgehead atoms. The number of anilines is 1. The Kier molecular flexibility index (Phi) is 5.83. The SMILES string of the molecule is C[C@@H]1CCCCN1S(=O)(=O)c1ccc(F)c(C(=O)Nc2cccc(Cl)c2)c1. The van der Waals surface area contributed by atoms with Gasteiger partial charge in [-0.2, -0.15) is 4.31 Å². The Morgan fingerprint density at radius 1 is 1.22 bits per heavy atom. The fourth-order valence-corrected chi connectivity index (χ4v) is 5.08. The van der Waals surface area contributed by atoms with Gasteiger partial charge in [0.15, 0.2) is 0 Å². The molecule has 1 N–H and O–H groups in total. The third-order valence-electron chi connectivity index (χ3n) is 4.61. The molecule has 1 aliphatic heterocycles. The van der Waals surface area contributed by atoms with E-state index in [1.54, 1.807) is 18.2 Å². The highest BCUT2D eigenvalue weighted by Gasteiger charge is 2.31. The van der Waals surface area contributed by atoms with Crippen LogP contribution in [-0.4, -0.2) is 31.2 Å². The Morgan fingerprint density at radius 2 is 2.00 bits per heavy atom. The van der Waals surface area contributed by atoms with Crippen molar-refractivity contribution in [1.29, 1.82) is 0 Å². The lowest BCUT2D eigenvalue weighted by atomic mass is 10.1. The lowest BCUT2D eigenvalue weighted by molar-refractivity contribution is 0.102. The van der Waals surface area contributed by atoms with Crippen LogP contribution in [0, 0.1) is 5.82 Å².